The van der Waals surface area contributed by atoms with Crippen molar-refractivity contribution in [3.8, 4) is 0 Å². The van der Waals surface area contributed by atoms with E-state index >= 15 is 0 Å². The lowest BCUT2D eigenvalue weighted by Crippen LogP contribution is -2.47. The molecular formula is C24H40BrClN2. The van der Waals surface area contributed by atoms with Gasteiger partial charge in [-0.15, -0.1) is 12.4 Å². The van der Waals surface area contributed by atoms with Crippen LogP contribution in [-0.4, -0.2) is 37.6 Å². The third-order valence-corrected chi connectivity index (χ3v) is 7.42. The second-order valence-electron chi connectivity index (χ2n) is 9.80. The van der Waals surface area contributed by atoms with E-state index in [1.165, 1.54) is 81.4 Å². The first-order chi connectivity index (χ1) is 12.9. The van der Waals surface area contributed by atoms with Crippen molar-refractivity contribution < 1.29 is 0 Å². The zero-order valence-electron chi connectivity index (χ0n) is 18.3. The van der Waals surface area contributed by atoms with Crippen LogP contribution in [0.2, 0.25) is 0 Å². The standard InChI is InChI=1S/C24H39BrN2.ClH/c1-5-6-13-26-14-16-27(17-15-26)23-12-11-21(25)18-22(23)19-7-9-20(10-8-19)24(2,3)4;/h11-12,18-20H,5-10,13-17H2,1-4H3;1H. The van der Waals surface area contributed by atoms with Gasteiger partial charge in [0.05, 0.1) is 0 Å². The number of hydrogen-bond donors (Lipinski definition) is 0. The highest BCUT2D eigenvalue weighted by Crippen LogP contribution is 2.45. The average Bonchev–Trinajstić information content (AvgIpc) is 2.66. The number of anilines is 1. The maximum Gasteiger partial charge on any atom is 0.0403 e. The summed E-state index contributed by atoms with van der Waals surface area (Å²) in [4.78, 5) is 5.30. The molecule has 1 saturated heterocycles. The average molecular weight is 472 g/mol. The third kappa shape index (κ3) is 6.12. The van der Waals surface area contributed by atoms with Crippen LogP contribution < -0.4 is 4.90 Å². The Kier molecular flexibility index (Phi) is 9.16. The molecule has 2 fully saturated rings. The van der Waals surface area contributed by atoms with E-state index < -0.39 is 0 Å². The fraction of sp³-hybridized carbons (Fsp3) is 0.750. The first-order valence-corrected chi connectivity index (χ1v) is 11.9. The Hall–Kier alpha value is -0.250. The monoisotopic (exact) mass is 470 g/mol. The Morgan fingerprint density at radius 1 is 1.00 bits per heavy atom. The number of nitrogens with zero attached hydrogens (tertiary/aromatic N) is 2. The van der Waals surface area contributed by atoms with Crippen molar-refractivity contribution in [1.29, 1.82) is 0 Å². The molecule has 4 heteroatoms. The minimum absolute atomic E-state index is 0. The Labute approximate surface area is 188 Å². The van der Waals surface area contributed by atoms with Gasteiger partial charge in [0.2, 0.25) is 0 Å². The smallest absolute Gasteiger partial charge is 0.0403 e. The lowest BCUT2D eigenvalue weighted by atomic mass is 9.68. The van der Waals surface area contributed by atoms with Crippen LogP contribution in [0.1, 0.15) is 77.7 Å². The highest BCUT2D eigenvalue weighted by Gasteiger charge is 2.32. The van der Waals surface area contributed by atoms with Crippen molar-refractivity contribution in [3.05, 3.63) is 28.2 Å². The number of halogens is 2. The molecule has 0 spiro atoms. The molecule has 0 radical (unpaired) electrons. The van der Waals surface area contributed by atoms with Gasteiger partial charge in [-0.1, -0.05) is 50.0 Å². The van der Waals surface area contributed by atoms with Gasteiger partial charge in [0, 0.05) is 36.3 Å². The molecule has 1 saturated carbocycles. The Balaban J connectivity index is 0.00000280. The molecule has 1 aromatic carbocycles. The molecule has 1 heterocycles. The van der Waals surface area contributed by atoms with E-state index in [2.05, 4.69) is 71.6 Å². The molecule has 2 nitrogen and oxygen atoms in total. The van der Waals surface area contributed by atoms with Gasteiger partial charge >= 0.3 is 0 Å². The van der Waals surface area contributed by atoms with E-state index in [0.29, 0.717) is 5.41 Å². The van der Waals surface area contributed by atoms with Crippen LogP contribution in [0.15, 0.2) is 22.7 Å². The SMILES string of the molecule is CCCCN1CCN(c2ccc(Br)cc2C2CCC(C(C)(C)C)CC2)CC1.Cl. The summed E-state index contributed by atoms with van der Waals surface area (Å²) in [5, 5.41) is 0. The van der Waals surface area contributed by atoms with Crippen molar-refractivity contribution >= 4 is 34.0 Å². The zero-order valence-corrected chi connectivity index (χ0v) is 20.7. The van der Waals surface area contributed by atoms with E-state index in [1.807, 2.05) is 0 Å². The van der Waals surface area contributed by atoms with Gasteiger partial charge in [0.25, 0.3) is 0 Å². The molecule has 2 aliphatic rings. The van der Waals surface area contributed by atoms with Crippen molar-refractivity contribution in [2.24, 2.45) is 11.3 Å². The Morgan fingerprint density at radius 2 is 1.64 bits per heavy atom. The molecular weight excluding hydrogens is 432 g/mol. The summed E-state index contributed by atoms with van der Waals surface area (Å²) in [5.74, 6) is 1.61. The van der Waals surface area contributed by atoms with E-state index in [-0.39, 0.29) is 12.4 Å². The van der Waals surface area contributed by atoms with Crippen LogP contribution in [-0.2, 0) is 0 Å². The summed E-state index contributed by atoms with van der Waals surface area (Å²) < 4.78 is 1.24. The van der Waals surface area contributed by atoms with Crippen LogP contribution in [0.3, 0.4) is 0 Å². The van der Waals surface area contributed by atoms with Gasteiger partial charge in [0.15, 0.2) is 0 Å². The van der Waals surface area contributed by atoms with Crippen LogP contribution in [0.4, 0.5) is 5.69 Å². The number of piperazine rings is 1. The van der Waals surface area contributed by atoms with Crippen LogP contribution >= 0.6 is 28.3 Å². The molecule has 0 N–H and O–H groups in total. The fourth-order valence-electron chi connectivity index (χ4n) is 5.00. The summed E-state index contributed by atoms with van der Waals surface area (Å²) in [6.45, 7) is 15.6. The topological polar surface area (TPSA) is 6.48 Å². The van der Waals surface area contributed by atoms with Crippen LogP contribution in [0.5, 0.6) is 0 Å². The minimum Gasteiger partial charge on any atom is -0.369 e. The predicted molar refractivity (Wildman–Crippen MR) is 129 cm³/mol. The predicted octanol–water partition coefficient (Wildman–Crippen LogP) is 7.11. The maximum atomic E-state index is 3.74. The zero-order chi connectivity index (χ0) is 19.4. The quantitative estimate of drug-likeness (QED) is 0.451. The second kappa shape index (κ2) is 10.7. The highest BCUT2D eigenvalue weighted by molar-refractivity contribution is 9.10. The van der Waals surface area contributed by atoms with Gasteiger partial charge < -0.3 is 4.90 Å². The molecule has 0 aromatic heterocycles. The molecule has 1 aliphatic heterocycles. The van der Waals surface area contributed by atoms with E-state index in [0.717, 1.165) is 11.8 Å². The molecule has 28 heavy (non-hydrogen) atoms. The minimum atomic E-state index is 0. The number of benzene rings is 1. The lowest BCUT2D eigenvalue weighted by molar-refractivity contribution is 0.169. The third-order valence-electron chi connectivity index (χ3n) is 6.92. The van der Waals surface area contributed by atoms with E-state index in [9.17, 15) is 0 Å². The number of unbranched alkanes of at least 4 members (excludes halogenated alkanes) is 1. The van der Waals surface area contributed by atoms with Gasteiger partial charge in [0.1, 0.15) is 0 Å². The van der Waals surface area contributed by atoms with E-state index in [1.54, 1.807) is 5.56 Å². The van der Waals surface area contributed by atoms with Crippen molar-refractivity contribution in [2.75, 3.05) is 37.6 Å². The van der Waals surface area contributed by atoms with Crippen molar-refractivity contribution in [3.63, 3.8) is 0 Å². The molecule has 0 amide bonds. The maximum absolute atomic E-state index is 3.74. The van der Waals surface area contributed by atoms with E-state index in [4.69, 9.17) is 0 Å². The number of rotatable bonds is 5. The molecule has 3 rings (SSSR count). The lowest BCUT2D eigenvalue weighted by Gasteiger charge is -2.40. The summed E-state index contributed by atoms with van der Waals surface area (Å²) >= 11 is 3.74. The van der Waals surface area contributed by atoms with Gasteiger partial charge in [-0.05, 0) is 79.7 Å². The second-order valence-corrected chi connectivity index (χ2v) is 10.7. The van der Waals surface area contributed by atoms with Gasteiger partial charge in [-0.25, -0.2) is 0 Å². The summed E-state index contributed by atoms with van der Waals surface area (Å²) in [6.07, 6.45) is 8.09. The molecule has 160 valence electrons. The molecule has 0 unspecified atom stereocenters. The summed E-state index contributed by atoms with van der Waals surface area (Å²) in [6, 6.07) is 7.03. The first kappa shape index (κ1) is 24.0. The normalized spacial score (nSPS) is 24.1. The first-order valence-electron chi connectivity index (χ1n) is 11.1. The largest absolute Gasteiger partial charge is 0.369 e. The summed E-state index contributed by atoms with van der Waals surface area (Å²) in [5.41, 5.74) is 3.56. The molecule has 0 atom stereocenters. The van der Waals surface area contributed by atoms with Crippen molar-refractivity contribution in [1.82, 2.24) is 4.90 Å². The Bertz CT molecular complexity index is 597. The molecule has 1 aromatic rings. The number of hydrogen-bond acceptors (Lipinski definition) is 2. The molecule has 1 aliphatic carbocycles. The van der Waals surface area contributed by atoms with Crippen LogP contribution in [0, 0.1) is 11.3 Å². The van der Waals surface area contributed by atoms with Crippen molar-refractivity contribution in [2.45, 2.75) is 72.1 Å². The van der Waals surface area contributed by atoms with Gasteiger partial charge in [-0.3, -0.25) is 4.90 Å². The summed E-state index contributed by atoms with van der Waals surface area (Å²) in [7, 11) is 0. The fourth-order valence-corrected chi connectivity index (χ4v) is 5.38. The molecule has 0 bridgehead atoms. The van der Waals surface area contributed by atoms with Crippen LogP contribution in [0.25, 0.3) is 0 Å². The highest BCUT2D eigenvalue weighted by atomic mass is 79.9. The van der Waals surface area contributed by atoms with Gasteiger partial charge in [-0.2, -0.15) is 0 Å². The Morgan fingerprint density at radius 3 is 2.21 bits per heavy atom.